The maximum Gasteiger partial charge on any atom is 0.276 e. The van der Waals surface area contributed by atoms with Gasteiger partial charge in [0.25, 0.3) is 5.91 Å². The number of aliphatic imine (C=N–C) groups is 1. The number of rotatable bonds is 3. The summed E-state index contributed by atoms with van der Waals surface area (Å²) in [4.78, 5) is 17.1. The van der Waals surface area contributed by atoms with Gasteiger partial charge in [-0.2, -0.15) is 9.78 Å². The van der Waals surface area contributed by atoms with E-state index in [0.29, 0.717) is 27.5 Å². The summed E-state index contributed by atoms with van der Waals surface area (Å²) in [5.41, 5.74) is 6.30. The number of anilines is 1. The molecule has 2 N–H and O–H groups in total. The van der Waals surface area contributed by atoms with Gasteiger partial charge in [0.2, 0.25) is 5.88 Å². The summed E-state index contributed by atoms with van der Waals surface area (Å²) in [7, 11) is 0. The molecule has 0 aliphatic carbocycles. The lowest BCUT2D eigenvalue weighted by Crippen LogP contribution is -2.16. The lowest BCUT2D eigenvalue weighted by Gasteiger charge is -2.06. The smallest absolute Gasteiger partial charge is 0.276 e. The highest BCUT2D eigenvalue weighted by Gasteiger charge is 2.27. The summed E-state index contributed by atoms with van der Waals surface area (Å²) >= 11 is 6.09. The van der Waals surface area contributed by atoms with E-state index in [1.807, 2.05) is 72.8 Å². The Morgan fingerprint density at radius 1 is 0.971 bits per heavy atom. The quantitative estimate of drug-likeness (QED) is 0.391. The highest BCUT2D eigenvalue weighted by atomic mass is 35.5. The van der Waals surface area contributed by atoms with Crippen LogP contribution in [0.2, 0.25) is 5.02 Å². The van der Waals surface area contributed by atoms with Crippen LogP contribution in [-0.4, -0.2) is 27.6 Å². The molecule has 0 bridgehead atoms. The molecule has 164 valence electrons. The molecular formula is C27H17ClN4O2. The molecule has 0 radical (unpaired) electrons. The van der Waals surface area contributed by atoms with Crippen LogP contribution in [-0.2, 0) is 4.79 Å². The van der Waals surface area contributed by atoms with Crippen LogP contribution in [0.25, 0.3) is 22.9 Å². The van der Waals surface area contributed by atoms with Gasteiger partial charge in [-0.3, -0.25) is 9.79 Å². The largest absolute Gasteiger partial charge is 0.493 e. The molecule has 4 aromatic rings. The average Bonchev–Trinajstić information content (AvgIpc) is 3.50. The Hall–Kier alpha value is -4.42. The summed E-state index contributed by atoms with van der Waals surface area (Å²) in [5.74, 6) is -0.409. The van der Waals surface area contributed by atoms with Crippen LogP contribution < -0.4 is 5.32 Å². The number of aromatic hydroxyl groups is 1. The van der Waals surface area contributed by atoms with Gasteiger partial charge in [-0.05, 0) is 36.4 Å². The zero-order chi connectivity index (χ0) is 23.2. The van der Waals surface area contributed by atoms with E-state index in [2.05, 4.69) is 15.4 Å². The summed E-state index contributed by atoms with van der Waals surface area (Å²) in [6, 6.07) is 24.2. The Labute approximate surface area is 200 Å². The number of carbonyl (C=O) groups is 1. The molecule has 0 unspecified atom stereocenters. The third-order valence-corrected chi connectivity index (χ3v) is 6.09. The van der Waals surface area contributed by atoms with E-state index in [1.165, 1.54) is 4.68 Å². The molecule has 1 amide bonds. The van der Waals surface area contributed by atoms with Gasteiger partial charge in [0, 0.05) is 39.1 Å². The predicted octanol–water partition coefficient (Wildman–Crippen LogP) is 5.98. The van der Waals surface area contributed by atoms with Gasteiger partial charge in [0.05, 0.1) is 17.1 Å². The SMILES string of the molecule is O=C1Nc2ccccc2/C1=N\n1c(-c2ccc(Cl)cc2)cc(/C=C2\C=Nc3ccccc32)c1O. The van der Waals surface area contributed by atoms with Gasteiger partial charge >= 0.3 is 0 Å². The van der Waals surface area contributed by atoms with Crippen LogP contribution in [0.15, 0.2) is 89.0 Å². The summed E-state index contributed by atoms with van der Waals surface area (Å²) in [6.45, 7) is 0. The van der Waals surface area contributed by atoms with Gasteiger partial charge in [-0.15, -0.1) is 0 Å². The normalized spacial score (nSPS) is 16.2. The van der Waals surface area contributed by atoms with E-state index in [4.69, 9.17) is 11.6 Å². The molecule has 1 aromatic heterocycles. The van der Waals surface area contributed by atoms with Crippen molar-refractivity contribution in [3.05, 3.63) is 101 Å². The Morgan fingerprint density at radius 3 is 2.53 bits per heavy atom. The molecule has 3 aromatic carbocycles. The Morgan fingerprint density at radius 2 is 1.71 bits per heavy atom. The summed E-state index contributed by atoms with van der Waals surface area (Å²) in [5, 5.41) is 19.2. The van der Waals surface area contributed by atoms with Crippen molar-refractivity contribution in [3.8, 4) is 17.1 Å². The molecule has 0 spiro atoms. The van der Waals surface area contributed by atoms with Crippen molar-refractivity contribution in [1.82, 2.24) is 4.68 Å². The van der Waals surface area contributed by atoms with Crippen LogP contribution in [0.3, 0.4) is 0 Å². The number of amides is 1. The first-order chi connectivity index (χ1) is 16.6. The molecule has 0 saturated heterocycles. The minimum absolute atomic E-state index is 0.0834. The standard InChI is InChI=1S/C27H17ClN4O2/c28-19-11-9-16(10-12-19)24-14-17(13-18-15-29-22-7-3-1-5-20(18)22)27(34)32(24)31-25-21-6-2-4-8-23(21)30-26(25)33/h1-15,34H,(H,30,31,33)/b18-13+. The van der Waals surface area contributed by atoms with Crippen molar-refractivity contribution < 1.29 is 9.90 Å². The molecule has 6 rings (SSSR count). The van der Waals surface area contributed by atoms with Crippen LogP contribution >= 0.6 is 11.6 Å². The van der Waals surface area contributed by atoms with Gasteiger partial charge < -0.3 is 10.4 Å². The second-order valence-corrected chi connectivity index (χ2v) is 8.39. The first-order valence-electron chi connectivity index (χ1n) is 10.6. The Bertz CT molecular complexity index is 1560. The number of benzene rings is 3. The summed E-state index contributed by atoms with van der Waals surface area (Å²) < 4.78 is 1.39. The first kappa shape index (κ1) is 20.2. The number of nitrogens with one attached hydrogen (secondary N) is 1. The number of nitrogens with zero attached hydrogens (tertiary/aromatic N) is 3. The van der Waals surface area contributed by atoms with E-state index in [9.17, 15) is 9.90 Å². The van der Waals surface area contributed by atoms with Gasteiger partial charge in [-0.1, -0.05) is 60.1 Å². The van der Waals surface area contributed by atoms with E-state index in [-0.39, 0.29) is 17.5 Å². The first-order valence-corrected chi connectivity index (χ1v) is 11.0. The van der Waals surface area contributed by atoms with Crippen LogP contribution in [0, 0.1) is 0 Å². The number of hydrogen-bond donors (Lipinski definition) is 2. The summed E-state index contributed by atoms with van der Waals surface area (Å²) in [6.07, 6.45) is 3.64. The average molecular weight is 465 g/mol. The number of aromatic nitrogens is 1. The monoisotopic (exact) mass is 464 g/mol. The fourth-order valence-electron chi connectivity index (χ4n) is 4.17. The van der Waals surface area contributed by atoms with Crippen molar-refractivity contribution in [2.45, 2.75) is 0 Å². The highest BCUT2D eigenvalue weighted by molar-refractivity contribution is 6.53. The molecule has 0 atom stereocenters. The molecule has 2 aliphatic rings. The van der Waals surface area contributed by atoms with Crippen molar-refractivity contribution in [2.75, 3.05) is 5.32 Å². The van der Waals surface area contributed by atoms with Crippen molar-refractivity contribution in [1.29, 1.82) is 0 Å². The second-order valence-electron chi connectivity index (χ2n) is 7.95. The van der Waals surface area contributed by atoms with Gasteiger partial charge in [0.15, 0.2) is 5.71 Å². The fraction of sp³-hybridized carbons (Fsp3) is 0. The van der Waals surface area contributed by atoms with Crippen molar-refractivity contribution in [2.24, 2.45) is 10.1 Å². The lowest BCUT2D eigenvalue weighted by molar-refractivity contribution is -0.110. The third kappa shape index (κ3) is 3.32. The maximum atomic E-state index is 12.7. The van der Waals surface area contributed by atoms with E-state index in [0.717, 1.165) is 22.4 Å². The van der Waals surface area contributed by atoms with Crippen LogP contribution in [0.4, 0.5) is 11.4 Å². The molecule has 2 aliphatic heterocycles. The fourth-order valence-corrected chi connectivity index (χ4v) is 4.29. The number of fused-ring (bicyclic) bond motifs is 2. The topological polar surface area (TPSA) is 79.0 Å². The number of hydrogen-bond acceptors (Lipinski definition) is 4. The third-order valence-electron chi connectivity index (χ3n) is 5.83. The Balaban J connectivity index is 1.54. The minimum Gasteiger partial charge on any atom is -0.493 e. The zero-order valence-electron chi connectivity index (χ0n) is 17.7. The minimum atomic E-state index is -0.326. The van der Waals surface area contributed by atoms with Gasteiger partial charge in [-0.25, -0.2) is 0 Å². The number of halogens is 1. The predicted molar refractivity (Wildman–Crippen MR) is 136 cm³/mol. The lowest BCUT2D eigenvalue weighted by atomic mass is 10.0. The Kier molecular flexibility index (Phi) is 4.67. The number of allylic oxidation sites excluding steroid dienone is 1. The molecule has 3 heterocycles. The molecule has 0 fully saturated rings. The van der Waals surface area contributed by atoms with Gasteiger partial charge in [0.1, 0.15) is 0 Å². The van der Waals surface area contributed by atoms with E-state index in [1.54, 1.807) is 18.3 Å². The molecule has 34 heavy (non-hydrogen) atoms. The highest BCUT2D eigenvalue weighted by Crippen LogP contribution is 2.37. The van der Waals surface area contributed by atoms with Crippen molar-refractivity contribution >= 4 is 52.5 Å². The molecule has 0 saturated carbocycles. The number of para-hydroxylation sites is 2. The zero-order valence-corrected chi connectivity index (χ0v) is 18.5. The molecule has 6 nitrogen and oxygen atoms in total. The van der Waals surface area contributed by atoms with Crippen molar-refractivity contribution in [3.63, 3.8) is 0 Å². The molecular weight excluding hydrogens is 448 g/mol. The van der Waals surface area contributed by atoms with E-state index >= 15 is 0 Å². The van der Waals surface area contributed by atoms with Crippen LogP contribution in [0.1, 0.15) is 16.7 Å². The second kappa shape index (κ2) is 7.86. The van der Waals surface area contributed by atoms with E-state index < -0.39 is 0 Å². The maximum absolute atomic E-state index is 12.7. The van der Waals surface area contributed by atoms with Crippen LogP contribution in [0.5, 0.6) is 5.88 Å². The molecule has 7 heteroatoms. The number of carbonyl (C=O) groups excluding carboxylic acids is 1.